The summed E-state index contributed by atoms with van der Waals surface area (Å²) in [6.07, 6.45) is -4.86. The number of carbonyl (C=O) groups is 2. The lowest BCUT2D eigenvalue weighted by Gasteiger charge is -2.28. The van der Waals surface area contributed by atoms with Gasteiger partial charge in [-0.15, -0.1) is 0 Å². The minimum atomic E-state index is -1.63. The molecule has 1 unspecified atom stereocenters. The van der Waals surface area contributed by atoms with Crippen molar-refractivity contribution in [3.8, 4) is 0 Å². The minimum absolute atomic E-state index is 0.0334. The fourth-order valence-electron chi connectivity index (χ4n) is 2.33. The lowest BCUT2D eigenvalue weighted by molar-refractivity contribution is -0.155. The van der Waals surface area contributed by atoms with Crippen LogP contribution in [0.1, 0.15) is 0 Å². The Morgan fingerprint density at radius 1 is 1.43 bits per heavy atom. The predicted octanol–water partition coefficient (Wildman–Crippen LogP) is -3.31. The summed E-state index contributed by atoms with van der Waals surface area (Å²) >= 11 is 0. The molecule has 5 atom stereocenters. The number of fused-ring (bicyclic) bond motifs is 1. The van der Waals surface area contributed by atoms with Crippen molar-refractivity contribution in [1.82, 2.24) is 10.2 Å². The summed E-state index contributed by atoms with van der Waals surface area (Å²) in [6, 6.07) is -0.990. The minimum Gasteiger partial charge on any atom is -0.479 e. The van der Waals surface area contributed by atoms with Crippen molar-refractivity contribution in [1.29, 1.82) is 5.41 Å². The van der Waals surface area contributed by atoms with Crippen LogP contribution < -0.4 is 5.32 Å². The van der Waals surface area contributed by atoms with E-state index in [1.54, 1.807) is 0 Å². The van der Waals surface area contributed by atoms with Gasteiger partial charge in [-0.25, -0.2) is 4.79 Å². The van der Waals surface area contributed by atoms with Crippen molar-refractivity contribution < 1.29 is 29.6 Å². The highest BCUT2D eigenvalue weighted by atomic mass is 16.6. The number of hydrogen-bond donors (Lipinski definition) is 5. The van der Waals surface area contributed by atoms with Gasteiger partial charge < -0.3 is 20.1 Å². The van der Waals surface area contributed by atoms with Crippen LogP contribution in [-0.2, 0) is 14.3 Å². The average molecular weight is 297 g/mol. The molecular weight excluding hydrogens is 286 g/mol. The van der Waals surface area contributed by atoms with E-state index in [1.165, 1.54) is 0 Å². The Kier molecular flexibility index (Phi) is 2.97. The maximum atomic E-state index is 11.6. The van der Waals surface area contributed by atoms with Crippen LogP contribution in [0, 0.1) is 5.41 Å². The molecule has 0 aromatic heterocycles. The van der Waals surface area contributed by atoms with Crippen LogP contribution in [0.25, 0.3) is 0 Å². The summed E-state index contributed by atoms with van der Waals surface area (Å²) in [6.45, 7) is 0. The SMILES string of the molecule is N=C1N=C2C(N=CN2[C@@H]2O[C@H](C(=O)O)[C@@H](O)[C@H]2O)C(=O)N1. The van der Waals surface area contributed by atoms with Gasteiger partial charge in [0.1, 0.15) is 12.2 Å². The number of aliphatic hydroxyl groups is 2. The quantitative estimate of drug-likeness (QED) is 0.355. The Morgan fingerprint density at radius 2 is 2.14 bits per heavy atom. The summed E-state index contributed by atoms with van der Waals surface area (Å²) < 4.78 is 5.10. The zero-order chi connectivity index (χ0) is 15.3. The maximum absolute atomic E-state index is 11.6. The number of rotatable bonds is 2. The van der Waals surface area contributed by atoms with Gasteiger partial charge in [0, 0.05) is 0 Å². The lowest BCUT2D eigenvalue weighted by Crippen LogP contribution is -2.53. The number of amidine groups is 1. The molecule has 0 aromatic carbocycles. The smallest absolute Gasteiger partial charge is 0.335 e. The highest BCUT2D eigenvalue weighted by Crippen LogP contribution is 2.27. The molecule has 3 aliphatic heterocycles. The van der Waals surface area contributed by atoms with E-state index >= 15 is 0 Å². The van der Waals surface area contributed by atoms with Crippen LogP contribution in [0.2, 0.25) is 0 Å². The van der Waals surface area contributed by atoms with Gasteiger partial charge >= 0.3 is 5.97 Å². The zero-order valence-electron chi connectivity index (χ0n) is 10.4. The van der Waals surface area contributed by atoms with Gasteiger partial charge in [-0.05, 0) is 0 Å². The summed E-state index contributed by atoms with van der Waals surface area (Å²) in [5.41, 5.74) is 0. The average Bonchev–Trinajstić information content (AvgIpc) is 2.93. The Hall–Kier alpha value is -2.37. The van der Waals surface area contributed by atoms with Crippen LogP contribution in [0.3, 0.4) is 0 Å². The molecule has 112 valence electrons. The highest BCUT2D eigenvalue weighted by Gasteiger charge is 2.52. The number of hydrogen-bond acceptors (Lipinski definition) is 8. The molecule has 0 aliphatic carbocycles. The summed E-state index contributed by atoms with van der Waals surface area (Å²) in [4.78, 5) is 31.4. The molecule has 0 bridgehead atoms. The first-order valence-electron chi connectivity index (χ1n) is 5.94. The molecule has 3 heterocycles. The first-order valence-corrected chi connectivity index (χ1v) is 5.94. The Morgan fingerprint density at radius 3 is 2.76 bits per heavy atom. The molecule has 11 heteroatoms. The fraction of sp³-hybridized carbons (Fsp3) is 0.500. The number of amides is 1. The predicted molar refractivity (Wildman–Crippen MR) is 65.7 cm³/mol. The number of aliphatic imine (C=N–C) groups is 2. The molecule has 11 nitrogen and oxygen atoms in total. The van der Waals surface area contributed by atoms with Crippen LogP contribution in [0.4, 0.5) is 0 Å². The van der Waals surface area contributed by atoms with Gasteiger partial charge in [0.05, 0.1) is 6.34 Å². The number of carboxylic acids is 1. The third-order valence-corrected chi connectivity index (χ3v) is 3.32. The van der Waals surface area contributed by atoms with Crippen molar-refractivity contribution in [2.24, 2.45) is 9.98 Å². The molecular formula is C10H11N5O6. The van der Waals surface area contributed by atoms with E-state index in [0.29, 0.717) is 0 Å². The maximum Gasteiger partial charge on any atom is 0.335 e. The highest BCUT2D eigenvalue weighted by molar-refractivity contribution is 6.23. The fourth-order valence-corrected chi connectivity index (χ4v) is 2.33. The normalized spacial score (nSPS) is 38.3. The number of guanidine groups is 1. The van der Waals surface area contributed by atoms with Gasteiger partial charge in [-0.1, -0.05) is 0 Å². The largest absolute Gasteiger partial charge is 0.479 e. The van der Waals surface area contributed by atoms with Crippen molar-refractivity contribution in [2.75, 3.05) is 0 Å². The molecule has 0 saturated carbocycles. The topological polar surface area (TPSA) is 168 Å². The van der Waals surface area contributed by atoms with Gasteiger partial charge in [0.2, 0.25) is 5.96 Å². The van der Waals surface area contributed by atoms with E-state index in [1.807, 2.05) is 0 Å². The molecule has 5 N–H and O–H groups in total. The van der Waals surface area contributed by atoms with Crippen molar-refractivity contribution in [3.05, 3.63) is 0 Å². The molecule has 3 aliphatic rings. The Labute approximate surface area is 117 Å². The summed E-state index contributed by atoms with van der Waals surface area (Å²) in [5, 5.41) is 38.0. The monoisotopic (exact) mass is 297 g/mol. The third-order valence-electron chi connectivity index (χ3n) is 3.32. The molecule has 0 spiro atoms. The number of nitrogens with zero attached hydrogens (tertiary/aromatic N) is 3. The van der Waals surface area contributed by atoms with Crippen LogP contribution in [0.5, 0.6) is 0 Å². The van der Waals surface area contributed by atoms with Gasteiger partial charge in [-0.3, -0.25) is 25.4 Å². The summed E-state index contributed by atoms with van der Waals surface area (Å²) in [7, 11) is 0. The van der Waals surface area contributed by atoms with Crippen molar-refractivity contribution >= 4 is 30.0 Å². The number of ether oxygens (including phenoxy) is 1. The second-order valence-electron chi connectivity index (χ2n) is 4.65. The molecule has 0 radical (unpaired) electrons. The van der Waals surface area contributed by atoms with E-state index in [0.717, 1.165) is 11.2 Å². The van der Waals surface area contributed by atoms with E-state index in [9.17, 15) is 19.8 Å². The van der Waals surface area contributed by atoms with Crippen LogP contribution in [0.15, 0.2) is 9.98 Å². The molecule has 0 aromatic rings. The first-order chi connectivity index (χ1) is 9.90. The van der Waals surface area contributed by atoms with E-state index in [-0.39, 0.29) is 5.84 Å². The van der Waals surface area contributed by atoms with Gasteiger partial charge in [-0.2, -0.15) is 4.99 Å². The molecule has 1 amide bonds. The second kappa shape index (κ2) is 4.58. The number of nitrogens with one attached hydrogen (secondary N) is 2. The zero-order valence-corrected chi connectivity index (χ0v) is 10.4. The van der Waals surface area contributed by atoms with Gasteiger partial charge in [0.15, 0.2) is 24.2 Å². The van der Waals surface area contributed by atoms with Crippen molar-refractivity contribution in [2.45, 2.75) is 30.6 Å². The number of aliphatic carboxylic acids is 1. The van der Waals surface area contributed by atoms with Gasteiger partial charge in [0.25, 0.3) is 5.91 Å². The third kappa shape index (κ3) is 1.98. The van der Waals surface area contributed by atoms with E-state index in [2.05, 4.69) is 15.3 Å². The molecule has 1 fully saturated rings. The lowest BCUT2D eigenvalue weighted by atomic mass is 10.1. The van der Waals surface area contributed by atoms with Crippen LogP contribution in [-0.4, -0.2) is 80.8 Å². The number of aliphatic hydroxyl groups excluding tert-OH is 2. The van der Waals surface area contributed by atoms with Crippen molar-refractivity contribution in [3.63, 3.8) is 0 Å². The summed E-state index contributed by atoms with van der Waals surface area (Å²) in [5.74, 6) is -2.35. The Bertz CT molecular complexity index is 588. The Balaban J connectivity index is 1.88. The standard InChI is InChI=1S/C10H11N5O6/c11-10-13-6-2(7(18)14-10)12-1-15(6)8-4(17)3(16)5(21-8)9(19)20/h1-5,8,16-17H,(H,19,20)(H2,11,14,18)/t2?,3-,4+,5-,8+/m0/s1. The number of carbonyl (C=O) groups excluding carboxylic acids is 1. The van der Waals surface area contributed by atoms with E-state index < -0.39 is 48.4 Å². The molecule has 3 rings (SSSR count). The number of carboxylic acid groups (broad SMARTS) is 1. The molecule has 1 saturated heterocycles. The molecule has 21 heavy (non-hydrogen) atoms. The second-order valence-corrected chi connectivity index (χ2v) is 4.65. The first kappa shape index (κ1) is 13.6. The van der Waals surface area contributed by atoms with E-state index in [4.69, 9.17) is 15.3 Å². The van der Waals surface area contributed by atoms with Crippen LogP contribution >= 0.6 is 0 Å².